The van der Waals surface area contributed by atoms with Gasteiger partial charge in [0, 0.05) is 6.92 Å². The lowest BCUT2D eigenvalue weighted by molar-refractivity contribution is -0.165. The first-order valence-corrected chi connectivity index (χ1v) is 5.98. The fraction of sp³-hybridized carbons (Fsp3) is 0.800. The SMILES string of the molecule is CC(=O)OC[C@H]1O/C(=N\Br)[C@@H]2OC(C)(C)O[C@H]12. The Kier molecular flexibility index (Phi) is 3.42. The minimum atomic E-state index is -0.684. The molecule has 2 aliphatic heterocycles. The maximum Gasteiger partial charge on any atom is 0.302 e. The molecule has 0 saturated carbocycles. The monoisotopic (exact) mass is 307 g/mol. The highest BCUT2D eigenvalue weighted by Gasteiger charge is 2.54. The Morgan fingerprint density at radius 1 is 1.53 bits per heavy atom. The van der Waals surface area contributed by atoms with Gasteiger partial charge in [0.25, 0.3) is 0 Å². The van der Waals surface area contributed by atoms with Gasteiger partial charge in [0.2, 0.25) is 5.90 Å². The third-order valence-corrected chi connectivity index (χ3v) is 2.89. The minimum absolute atomic E-state index is 0.127. The van der Waals surface area contributed by atoms with E-state index in [-0.39, 0.29) is 30.9 Å². The van der Waals surface area contributed by atoms with Crippen LogP contribution < -0.4 is 0 Å². The number of rotatable bonds is 2. The smallest absolute Gasteiger partial charge is 0.302 e. The van der Waals surface area contributed by atoms with Gasteiger partial charge in [0.1, 0.15) is 12.7 Å². The summed E-state index contributed by atoms with van der Waals surface area (Å²) in [4.78, 5) is 10.8. The van der Waals surface area contributed by atoms with Crippen molar-refractivity contribution < 1.29 is 23.7 Å². The van der Waals surface area contributed by atoms with Crippen LogP contribution in [0.15, 0.2) is 4.02 Å². The number of carbonyl (C=O) groups is 1. The number of halogens is 1. The Morgan fingerprint density at radius 2 is 2.24 bits per heavy atom. The fourth-order valence-electron chi connectivity index (χ4n) is 1.94. The average molecular weight is 308 g/mol. The van der Waals surface area contributed by atoms with Crippen LogP contribution in [0.2, 0.25) is 0 Å². The highest BCUT2D eigenvalue weighted by atomic mass is 79.9. The molecule has 2 saturated heterocycles. The molecule has 96 valence electrons. The molecule has 0 radical (unpaired) electrons. The van der Waals surface area contributed by atoms with E-state index in [4.69, 9.17) is 18.9 Å². The first-order chi connectivity index (χ1) is 7.93. The van der Waals surface area contributed by atoms with Crippen molar-refractivity contribution in [1.29, 1.82) is 0 Å². The summed E-state index contributed by atoms with van der Waals surface area (Å²) in [6.45, 7) is 5.12. The summed E-state index contributed by atoms with van der Waals surface area (Å²) in [6, 6.07) is 0. The lowest BCUT2D eigenvalue weighted by Gasteiger charge is -2.21. The molecule has 2 heterocycles. The highest BCUT2D eigenvalue weighted by molar-refractivity contribution is 9.08. The van der Waals surface area contributed by atoms with Crippen molar-refractivity contribution >= 4 is 28.0 Å². The summed E-state index contributed by atoms with van der Waals surface area (Å²) in [7, 11) is 0. The van der Waals surface area contributed by atoms with Crippen molar-refractivity contribution in [1.82, 2.24) is 0 Å². The van der Waals surface area contributed by atoms with Gasteiger partial charge in [-0.15, -0.1) is 0 Å². The van der Waals surface area contributed by atoms with Crippen molar-refractivity contribution in [2.24, 2.45) is 4.02 Å². The van der Waals surface area contributed by atoms with Gasteiger partial charge in [-0.1, -0.05) is 0 Å². The van der Waals surface area contributed by atoms with Crippen LogP contribution in [0.3, 0.4) is 0 Å². The van der Waals surface area contributed by atoms with Gasteiger partial charge in [0.15, 0.2) is 18.0 Å². The number of fused-ring (bicyclic) bond motifs is 1. The Labute approximate surface area is 108 Å². The van der Waals surface area contributed by atoms with Crippen LogP contribution in [0, 0.1) is 0 Å². The molecule has 0 aromatic rings. The van der Waals surface area contributed by atoms with E-state index in [0.717, 1.165) is 0 Å². The van der Waals surface area contributed by atoms with Crippen LogP contribution >= 0.6 is 16.1 Å². The number of esters is 1. The van der Waals surface area contributed by atoms with Crippen LogP contribution in [0.25, 0.3) is 0 Å². The van der Waals surface area contributed by atoms with Crippen LogP contribution in [-0.4, -0.2) is 42.6 Å². The first kappa shape index (κ1) is 12.8. The van der Waals surface area contributed by atoms with Gasteiger partial charge in [-0.3, -0.25) is 4.79 Å². The second kappa shape index (κ2) is 4.55. The van der Waals surface area contributed by atoms with Crippen molar-refractivity contribution in [2.45, 2.75) is 44.9 Å². The molecule has 6 nitrogen and oxygen atoms in total. The summed E-state index contributed by atoms with van der Waals surface area (Å²) in [6.07, 6.45) is -1.05. The number of hydrogen-bond donors (Lipinski definition) is 0. The van der Waals surface area contributed by atoms with Gasteiger partial charge in [-0.05, 0) is 13.8 Å². The highest BCUT2D eigenvalue weighted by Crippen LogP contribution is 2.36. The summed E-state index contributed by atoms with van der Waals surface area (Å²) in [5.41, 5.74) is 0. The zero-order valence-corrected chi connectivity index (χ0v) is 11.4. The molecule has 17 heavy (non-hydrogen) atoms. The van der Waals surface area contributed by atoms with Crippen LogP contribution in [0.4, 0.5) is 0 Å². The van der Waals surface area contributed by atoms with E-state index in [0.29, 0.717) is 5.90 Å². The molecule has 0 amide bonds. The van der Waals surface area contributed by atoms with Crippen molar-refractivity contribution in [2.75, 3.05) is 6.61 Å². The predicted octanol–water partition coefficient (Wildman–Crippen LogP) is 1.18. The number of hydrogen-bond acceptors (Lipinski definition) is 6. The largest absolute Gasteiger partial charge is 0.469 e. The Balaban J connectivity index is 2.07. The molecular weight excluding hydrogens is 294 g/mol. The third kappa shape index (κ3) is 2.61. The minimum Gasteiger partial charge on any atom is -0.469 e. The summed E-state index contributed by atoms with van der Waals surface area (Å²) in [5, 5.41) is 0. The molecule has 0 aromatic heterocycles. The van der Waals surface area contributed by atoms with Gasteiger partial charge in [-0.25, -0.2) is 0 Å². The Morgan fingerprint density at radius 3 is 2.82 bits per heavy atom. The van der Waals surface area contributed by atoms with Gasteiger partial charge < -0.3 is 18.9 Å². The summed E-state index contributed by atoms with van der Waals surface area (Å²) >= 11 is 2.98. The summed E-state index contributed by atoms with van der Waals surface area (Å²) < 4.78 is 25.6. The maximum atomic E-state index is 10.8. The van der Waals surface area contributed by atoms with E-state index in [2.05, 4.69) is 20.2 Å². The zero-order valence-electron chi connectivity index (χ0n) is 9.81. The molecule has 0 unspecified atom stereocenters. The lowest BCUT2D eigenvalue weighted by atomic mass is 10.1. The molecule has 2 rings (SSSR count). The Hall–Kier alpha value is -0.660. The van der Waals surface area contributed by atoms with E-state index in [1.54, 1.807) is 0 Å². The molecule has 0 aromatic carbocycles. The zero-order chi connectivity index (χ0) is 12.6. The van der Waals surface area contributed by atoms with Crippen molar-refractivity contribution in [3.05, 3.63) is 0 Å². The molecule has 2 fully saturated rings. The summed E-state index contributed by atoms with van der Waals surface area (Å²) in [5.74, 6) is -0.624. The fourth-order valence-corrected chi connectivity index (χ4v) is 2.22. The topological polar surface area (TPSA) is 66.4 Å². The molecule has 7 heteroatoms. The molecule has 0 spiro atoms. The maximum absolute atomic E-state index is 10.8. The van der Waals surface area contributed by atoms with E-state index >= 15 is 0 Å². The second-order valence-corrected chi connectivity index (χ2v) is 4.76. The molecular formula is C10H14BrNO5. The number of carbonyl (C=O) groups excluding carboxylic acids is 1. The molecule has 0 N–H and O–H groups in total. The van der Waals surface area contributed by atoms with Crippen molar-refractivity contribution in [3.8, 4) is 0 Å². The normalized spacial score (nSPS) is 36.7. The molecule has 2 aliphatic rings. The van der Waals surface area contributed by atoms with Gasteiger partial charge in [0.05, 0.1) is 16.1 Å². The van der Waals surface area contributed by atoms with Crippen molar-refractivity contribution in [3.63, 3.8) is 0 Å². The number of ether oxygens (including phenoxy) is 4. The lowest BCUT2D eigenvalue weighted by Crippen LogP contribution is -2.33. The van der Waals surface area contributed by atoms with Crippen LogP contribution in [0.5, 0.6) is 0 Å². The average Bonchev–Trinajstić information content (AvgIpc) is 2.68. The number of nitrogens with zero attached hydrogens (tertiary/aromatic N) is 1. The van der Waals surface area contributed by atoms with Crippen LogP contribution in [-0.2, 0) is 23.7 Å². The first-order valence-electron chi connectivity index (χ1n) is 5.27. The van der Waals surface area contributed by atoms with E-state index < -0.39 is 5.79 Å². The Bertz CT molecular complexity index is 357. The van der Waals surface area contributed by atoms with Gasteiger partial charge in [-0.2, -0.15) is 4.02 Å². The molecule has 0 aliphatic carbocycles. The van der Waals surface area contributed by atoms with Gasteiger partial charge >= 0.3 is 5.97 Å². The van der Waals surface area contributed by atoms with E-state index in [1.165, 1.54) is 6.92 Å². The standard InChI is InChI=1S/C10H14BrNO5/c1-5(13)14-4-6-7-8(9(12-11)15-6)17-10(2,3)16-7/h6-8H,4H2,1-3H3/b12-9-/t6-,7-,8-/m1/s1. The predicted molar refractivity (Wildman–Crippen MR) is 61.7 cm³/mol. The second-order valence-electron chi connectivity index (χ2n) is 4.40. The quantitative estimate of drug-likeness (QED) is 0.717. The van der Waals surface area contributed by atoms with E-state index in [1.807, 2.05) is 13.8 Å². The molecule has 3 atom stereocenters. The third-order valence-electron chi connectivity index (χ3n) is 2.55. The van der Waals surface area contributed by atoms with Crippen LogP contribution in [0.1, 0.15) is 20.8 Å². The molecule has 0 bridgehead atoms. The van der Waals surface area contributed by atoms with E-state index in [9.17, 15) is 4.79 Å².